The van der Waals surface area contributed by atoms with Crippen LogP contribution in [0.15, 0.2) is 59.8 Å². The van der Waals surface area contributed by atoms with Crippen LogP contribution in [0.4, 0.5) is 5.69 Å². The first-order chi connectivity index (χ1) is 16.5. The lowest BCUT2D eigenvalue weighted by Gasteiger charge is -2.19. The Morgan fingerprint density at radius 3 is 2.79 bits per heavy atom. The van der Waals surface area contributed by atoms with E-state index in [1.165, 1.54) is 3.97 Å². The molecule has 5 rings (SSSR count). The van der Waals surface area contributed by atoms with Crippen molar-refractivity contribution in [3.63, 3.8) is 0 Å². The van der Waals surface area contributed by atoms with Crippen LogP contribution in [-0.4, -0.2) is 68.3 Å². The molecule has 2 aliphatic heterocycles. The maximum Gasteiger partial charge on any atom is 0.290 e. The number of methoxy groups -OCH3 is 1. The van der Waals surface area contributed by atoms with Crippen LogP contribution in [0.3, 0.4) is 0 Å². The predicted molar refractivity (Wildman–Crippen MR) is 131 cm³/mol. The summed E-state index contributed by atoms with van der Waals surface area (Å²) in [5, 5.41) is 10.2. The number of carbonyl (C=O) groups is 1. The highest BCUT2D eigenvalue weighted by Crippen LogP contribution is 2.32. The van der Waals surface area contributed by atoms with Gasteiger partial charge in [-0.25, -0.2) is 12.4 Å². The van der Waals surface area contributed by atoms with Crippen molar-refractivity contribution in [1.29, 1.82) is 0 Å². The van der Waals surface area contributed by atoms with Crippen molar-refractivity contribution in [2.45, 2.75) is 23.8 Å². The van der Waals surface area contributed by atoms with Crippen LogP contribution < -0.4 is 10.2 Å². The third-order valence-electron chi connectivity index (χ3n) is 6.15. The summed E-state index contributed by atoms with van der Waals surface area (Å²) < 4.78 is 34.2. The summed E-state index contributed by atoms with van der Waals surface area (Å²) in [6.45, 7) is 3.02. The Morgan fingerprint density at radius 1 is 1.26 bits per heavy atom. The van der Waals surface area contributed by atoms with Crippen molar-refractivity contribution in [2.75, 3.05) is 38.2 Å². The van der Waals surface area contributed by atoms with E-state index in [-0.39, 0.29) is 17.5 Å². The predicted octanol–water partition coefficient (Wildman–Crippen LogP) is 2.58. The largest absolute Gasteiger partial charge is 0.483 e. The zero-order valence-electron chi connectivity index (χ0n) is 18.9. The molecule has 9 nitrogen and oxygen atoms in total. The summed E-state index contributed by atoms with van der Waals surface area (Å²) >= 11 is 0. The number of hydrogen-bond acceptors (Lipinski definition) is 7. The average Bonchev–Trinajstić information content (AvgIpc) is 3.51. The maximum absolute atomic E-state index is 13.7. The molecule has 2 N–H and O–H groups in total. The number of nitrogens with one attached hydrogen (secondary N) is 1. The van der Waals surface area contributed by atoms with E-state index in [1.54, 1.807) is 37.7 Å². The molecule has 1 aromatic carbocycles. The fourth-order valence-corrected chi connectivity index (χ4v) is 5.84. The van der Waals surface area contributed by atoms with Crippen LogP contribution >= 0.6 is 0 Å². The Morgan fingerprint density at radius 2 is 2.09 bits per heavy atom. The fraction of sp³-hybridized carbons (Fsp3) is 0.333. The van der Waals surface area contributed by atoms with Gasteiger partial charge in [0.2, 0.25) is 0 Å². The Kier molecular flexibility index (Phi) is 7.30. The monoisotopic (exact) mass is 484 g/mol. The number of fused-ring (bicyclic) bond motifs is 1. The summed E-state index contributed by atoms with van der Waals surface area (Å²) in [5.74, 6) is 0. The minimum absolute atomic E-state index is 0.181. The zero-order chi connectivity index (χ0) is 24.1. The first-order valence-corrected chi connectivity index (χ1v) is 12.5. The summed E-state index contributed by atoms with van der Waals surface area (Å²) in [7, 11) is -2.06. The molecule has 0 unspecified atom stereocenters. The molecule has 4 heterocycles. The molecular formula is C24H28N4O5S. The van der Waals surface area contributed by atoms with E-state index < -0.39 is 10.0 Å². The van der Waals surface area contributed by atoms with Crippen LogP contribution in [0.25, 0.3) is 16.6 Å². The first-order valence-electron chi connectivity index (χ1n) is 11.1. The first kappa shape index (κ1) is 23.9. The number of ether oxygens (including phenoxy) is 1. The highest BCUT2D eigenvalue weighted by Gasteiger charge is 2.26. The lowest BCUT2D eigenvalue weighted by atomic mass is 10.0. The third kappa shape index (κ3) is 4.70. The number of rotatable bonds is 5. The van der Waals surface area contributed by atoms with Gasteiger partial charge in [0.1, 0.15) is 0 Å². The van der Waals surface area contributed by atoms with E-state index in [2.05, 4.69) is 21.3 Å². The molecule has 1 saturated heterocycles. The van der Waals surface area contributed by atoms with Crippen LogP contribution in [0.1, 0.15) is 18.4 Å². The van der Waals surface area contributed by atoms with Crippen LogP contribution in [-0.2, 0) is 19.6 Å². The number of nitrogens with zero attached hydrogens (tertiary/aromatic N) is 3. The van der Waals surface area contributed by atoms with Crippen LogP contribution in [0.5, 0.6) is 0 Å². The lowest BCUT2D eigenvalue weighted by molar-refractivity contribution is -0.122. The van der Waals surface area contributed by atoms with Gasteiger partial charge in [-0.2, -0.15) is 0 Å². The van der Waals surface area contributed by atoms with Gasteiger partial charge in [0.15, 0.2) is 0 Å². The fourth-order valence-electron chi connectivity index (χ4n) is 4.44. The van der Waals surface area contributed by atoms with E-state index in [0.717, 1.165) is 61.4 Å². The molecule has 1 atom stereocenters. The molecule has 0 bridgehead atoms. The Hall–Kier alpha value is -3.21. The van der Waals surface area contributed by atoms with Crippen molar-refractivity contribution < 1.29 is 23.1 Å². The van der Waals surface area contributed by atoms with E-state index in [4.69, 9.17) is 14.6 Å². The molecule has 2 aromatic heterocycles. The topological polar surface area (TPSA) is 114 Å². The number of carboxylic acid groups (broad SMARTS) is 1. The Balaban J connectivity index is 0.000000868. The quantitative estimate of drug-likeness (QED) is 0.531. The van der Waals surface area contributed by atoms with Gasteiger partial charge in [-0.05, 0) is 55.3 Å². The zero-order valence-corrected chi connectivity index (χ0v) is 19.7. The van der Waals surface area contributed by atoms with E-state index in [0.29, 0.717) is 5.52 Å². The molecule has 0 radical (unpaired) electrons. The van der Waals surface area contributed by atoms with Crippen molar-refractivity contribution in [3.8, 4) is 0 Å². The second kappa shape index (κ2) is 10.4. The highest BCUT2D eigenvalue weighted by molar-refractivity contribution is 7.90. The molecule has 10 heteroatoms. The van der Waals surface area contributed by atoms with Crippen molar-refractivity contribution in [3.05, 3.63) is 60.4 Å². The van der Waals surface area contributed by atoms with Gasteiger partial charge in [-0.3, -0.25) is 9.78 Å². The van der Waals surface area contributed by atoms with Crippen LogP contribution in [0.2, 0.25) is 0 Å². The number of anilines is 1. The van der Waals surface area contributed by atoms with Crippen LogP contribution in [0, 0.1) is 0 Å². The van der Waals surface area contributed by atoms with Gasteiger partial charge in [0, 0.05) is 50.4 Å². The molecule has 3 aromatic rings. The Labute approximate surface area is 198 Å². The van der Waals surface area contributed by atoms with Crippen molar-refractivity contribution >= 4 is 38.8 Å². The molecule has 0 amide bonds. The standard InChI is InChI=1S/C23H26N4O3S.CH2O2/c1-30-19-9-13-26(15-19)18-4-2-5-20(14-18)31(28,29)27-16-21(17-7-11-24-12-8-17)23-22(27)6-3-10-25-23;2-1-3/h2-7,10,14,16,19,24H,8-9,11-13,15H2,1H3;1H,(H,2,3)/t19-;/m0./s1. The van der Waals surface area contributed by atoms with Gasteiger partial charge in [0.25, 0.3) is 16.5 Å². The molecule has 0 aliphatic carbocycles. The minimum atomic E-state index is -3.78. The van der Waals surface area contributed by atoms with Gasteiger partial charge < -0.3 is 20.1 Å². The second-order valence-corrected chi connectivity index (χ2v) is 9.91. The van der Waals surface area contributed by atoms with E-state index in [9.17, 15) is 8.42 Å². The Bertz CT molecular complexity index is 1300. The SMILES string of the molecule is CO[C@H]1CCN(c2cccc(S(=O)(=O)n3cc(C4=CCNCC4)c4ncccc43)c2)C1.O=CO. The van der Waals surface area contributed by atoms with Crippen molar-refractivity contribution in [1.82, 2.24) is 14.3 Å². The van der Waals surface area contributed by atoms with Gasteiger partial charge in [-0.1, -0.05) is 12.1 Å². The molecule has 0 saturated carbocycles. The molecule has 180 valence electrons. The third-order valence-corrected chi connectivity index (χ3v) is 7.82. The summed E-state index contributed by atoms with van der Waals surface area (Å²) in [6, 6.07) is 10.8. The highest BCUT2D eigenvalue weighted by atomic mass is 32.2. The average molecular weight is 485 g/mol. The number of pyridine rings is 1. The number of aromatic nitrogens is 2. The number of benzene rings is 1. The molecule has 1 fully saturated rings. The molecule has 0 spiro atoms. The number of hydrogen-bond donors (Lipinski definition) is 2. The van der Waals surface area contributed by atoms with E-state index >= 15 is 0 Å². The summed E-state index contributed by atoms with van der Waals surface area (Å²) in [6.07, 6.45) is 7.53. The van der Waals surface area contributed by atoms with Gasteiger partial charge >= 0.3 is 0 Å². The summed E-state index contributed by atoms with van der Waals surface area (Å²) in [5.41, 5.74) is 4.24. The van der Waals surface area contributed by atoms with Gasteiger partial charge in [0.05, 0.1) is 22.0 Å². The van der Waals surface area contributed by atoms with E-state index in [1.807, 2.05) is 18.2 Å². The smallest absolute Gasteiger partial charge is 0.290 e. The maximum atomic E-state index is 13.7. The summed E-state index contributed by atoms with van der Waals surface area (Å²) in [4.78, 5) is 15.3. The minimum Gasteiger partial charge on any atom is -0.483 e. The normalized spacial score (nSPS) is 18.3. The van der Waals surface area contributed by atoms with Gasteiger partial charge in [-0.15, -0.1) is 0 Å². The molecular weight excluding hydrogens is 456 g/mol. The van der Waals surface area contributed by atoms with Crippen molar-refractivity contribution in [2.24, 2.45) is 0 Å². The second-order valence-electron chi connectivity index (χ2n) is 8.09. The molecule has 2 aliphatic rings. The lowest BCUT2D eigenvalue weighted by Crippen LogP contribution is -2.22. The molecule has 34 heavy (non-hydrogen) atoms.